The number of benzene rings is 3. The van der Waals surface area contributed by atoms with E-state index in [1.54, 1.807) is 31.4 Å². The predicted molar refractivity (Wildman–Crippen MR) is 132 cm³/mol. The number of rotatable bonds is 10. The average Bonchev–Trinajstić information content (AvgIpc) is 3.39. The van der Waals surface area contributed by atoms with Crippen LogP contribution >= 0.6 is 0 Å². The molecule has 0 aliphatic rings. The van der Waals surface area contributed by atoms with Crippen molar-refractivity contribution in [1.82, 2.24) is 0 Å². The van der Waals surface area contributed by atoms with E-state index in [1.807, 2.05) is 24.3 Å². The van der Waals surface area contributed by atoms with Crippen LogP contribution in [0.15, 0.2) is 71.3 Å². The van der Waals surface area contributed by atoms with Gasteiger partial charge in [0.25, 0.3) is 0 Å². The maximum atomic E-state index is 15.3. The zero-order chi connectivity index (χ0) is 25.5. The minimum Gasteiger partial charge on any atom is -0.465 e. The van der Waals surface area contributed by atoms with Gasteiger partial charge in [-0.3, -0.25) is 4.79 Å². The van der Waals surface area contributed by atoms with Crippen molar-refractivity contribution < 1.29 is 32.6 Å². The minimum absolute atomic E-state index is 0.100. The van der Waals surface area contributed by atoms with Gasteiger partial charge in [0, 0.05) is 37.8 Å². The van der Waals surface area contributed by atoms with Crippen molar-refractivity contribution in [2.24, 2.45) is 5.73 Å². The number of para-hydroxylation sites is 1. The summed E-state index contributed by atoms with van der Waals surface area (Å²) in [5.41, 5.74) is 8.41. The lowest BCUT2D eigenvalue weighted by Crippen LogP contribution is -2.15. The summed E-state index contributed by atoms with van der Waals surface area (Å²) in [6, 6.07) is 16.8. The first kappa shape index (κ1) is 25.1. The normalized spacial score (nSPS) is 11.0. The largest absolute Gasteiger partial charge is 0.465 e. The van der Waals surface area contributed by atoms with Crippen LogP contribution < -0.4 is 10.5 Å². The Bertz CT molecular complexity index is 1380. The first-order valence-electron chi connectivity index (χ1n) is 11.5. The first-order chi connectivity index (χ1) is 17.5. The van der Waals surface area contributed by atoms with Crippen LogP contribution in [0.4, 0.5) is 4.39 Å². The molecule has 0 unspecified atom stereocenters. The van der Waals surface area contributed by atoms with Crippen LogP contribution in [0.5, 0.6) is 5.75 Å². The van der Waals surface area contributed by atoms with Gasteiger partial charge in [0.2, 0.25) is 0 Å². The SMILES string of the molecule is COCCCOC(=O)Cc1ccccc1OC(=O)c1cc(-c2cccc(CN)c2)c2occc2c1F. The molecule has 0 spiro atoms. The third-order valence-corrected chi connectivity index (χ3v) is 5.63. The standard InChI is InChI=1S/C28H26FNO6/c1-33-11-5-12-34-25(31)15-20-7-2-3-9-24(20)36-28(32)23-16-22(19-8-4-6-18(14-19)17-30)27-21(26(23)29)10-13-35-27/h2-4,6-10,13-14,16H,5,11-12,15,17,30H2,1H3. The molecule has 8 heteroatoms. The number of carbonyl (C=O) groups excluding carboxylic acids is 2. The predicted octanol–water partition coefficient (Wildman–Crippen LogP) is 5.04. The van der Waals surface area contributed by atoms with E-state index in [-0.39, 0.29) is 29.7 Å². The zero-order valence-corrected chi connectivity index (χ0v) is 19.8. The Labute approximate surface area is 207 Å². The lowest BCUT2D eigenvalue weighted by molar-refractivity contribution is -0.143. The third kappa shape index (κ3) is 5.62. The highest BCUT2D eigenvalue weighted by molar-refractivity contribution is 6.02. The van der Waals surface area contributed by atoms with Gasteiger partial charge in [-0.1, -0.05) is 36.4 Å². The number of furan rings is 1. The van der Waals surface area contributed by atoms with Crippen molar-refractivity contribution >= 4 is 22.9 Å². The van der Waals surface area contributed by atoms with Gasteiger partial charge in [0.15, 0.2) is 0 Å². The van der Waals surface area contributed by atoms with Gasteiger partial charge in [-0.15, -0.1) is 0 Å². The molecule has 0 saturated carbocycles. The molecule has 0 amide bonds. The molecule has 0 aliphatic carbocycles. The molecule has 2 N–H and O–H groups in total. The summed E-state index contributed by atoms with van der Waals surface area (Å²) >= 11 is 0. The molecule has 0 bridgehead atoms. The molecule has 0 fully saturated rings. The van der Waals surface area contributed by atoms with Gasteiger partial charge in [0.05, 0.1) is 30.2 Å². The van der Waals surface area contributed by atoms with E-state index in [0.29, 0.717) is 36.3 Å². The molecule has 4 aromatic rings. The summed E-state index contributed by atoms with van der Waals surface area (Å²) in [4.78, 5) is 25.4. The summed E-state index contributed by atoms with van der Waals surface area (Å²) in [6.07, 6.45) is 1.84. The molecule has 1 aromatic heterocycles. The fourth-order valence-electron chi connectivity index (χ4n) is 3.84. The smallest absolute Gasteiger partial charge is 0.346 e. The summed E-state index contributed by atoms with van der Waals surface area (Å²) < 4.78 is 36.6. The number of fused-ring (bicyclic) bond motifs is 1. The molecule has 1 heterocycles. The highest BCUT2D eigenvalue weighted by Gasteiger charge is 2.23. The summed E-state index contributed by atoms with van der Waals surface area (Å²) in [7, 11) is 1.57. The van der Waals surface area contributed by atoms with Gasteiger partial charge in [-0.25, -0.2) is 9.18 Å². The minimum atomic E-state index is -0.896. The number of ether oxygens (including phenoxy) is 3. The first-order valence-corrected chi connectivity index (χ1v) is 11.5. The maximum absolute atomic E-state index is 15.3. The Kier molecular flexibility index (Phi) is 8.10. The fourth-order valence-corrected chi connectivity index (χ4v) is 3.84. The Morgan fingerprint density at radius 2 is 1.86 bits per heavy atom. The van der Waals surface area contributed by atoms with E-state index in [0.717, 1.165) is 11.1 Å². The number of esters is 2. The molecule has 0 radical (unpaired) electrons. The van der Waals surface area contributed by atoms with Crippen molar-refractivity contribution in [3.8, 4) is 16.9 Å². The summed E-state index contributed by atoms with van der Waals surface area (Å²) in [6.45, 7) is 1.03. The van der Waals surface area contributed by atoms with Crippen LogP contribution in [0.25, 0.3) is 22.1 Å². The lowest BCUT2D eigenvalue weighted by Gasteiger charge is -2.12. The molecule has 7 nitrogen and oxygen atoms in total. The van der Waals surface area contributed by atoms with Crippen molar-refractivity contribution in [2.75, 3.05) is 20.3 Å². The molecule has 3 aromatic carbocycles. The van der Waals surface area contributed by atoms with E-state index in [9.17, 15) is 9.59 Å². The van der Waals surface area contributed by atoms with Crippen LogP contribution in [0.2, 0.25) is 0 Å². The Hall–Kier alpha value is -4.01. The van der Waals surface area contributed by atoms with Crippen LogP contribution in [0.1, 0.15) is 27.9 Å². The average molecular weight is 492 g/mol. The molecule has 0 aliphatic heterocycles. The number of methoxy groups -OCH3 is 1. The van der Waals surface area contributed by atoms with Crippen molar-refractivity contribution in [3.63, 3.8) is 0 Å². The summed E-state index contributed by atoms with van der Waals surface area (Å²) in [5, 5.41) is 0.158. The Morgan fingerprint density at radius 1 is 1.03 bits per heavy atom. The van der Waals surface area contributed by atoms with E-state index in [2.05, 4.69) is 0 Å². The number of hydrogen-bond acceptors (Lipinski definition) is 7. The van der Waals surface area contributed by atoms with Crippen LogP contribution in [0.3, 0.4) is 0 Å². The highest BCUT2D eigenvalue weighted by atomic mass is 19.1. The van der Waals surface area contributed by atoms with E-state index in [1.165, 1.54) is 18.4 Å². The fraction of sp³-hybridized carbons (Fsp3) is 0.214. The van der Waals surface area contributed by atoms with Gasteiger partial charge in [0.1, 0.15) is 17.1 Å². The summed E-state index contributed by atoms with van der Waals surface area (Å²) in [5.74, 6) is -1.97. The quantitative estimate of drug-likeness (QED) is 0.188. The van der Waals surface area contributed by atoms with Gasteiger partial charge in [-0.05, 0) is 35.4 Å². The van der Waals surface area contributed by atoms with E-state index in [4.69, 9.17) is 24.4 Å². The highest BCUT2D eigenvalue weighted by Crippen LogP contribution is 2.34. The van der Waals surface area contributed by atoms with Gasteiger partial charge < -0.3 is 24.4 Å². The maximum Gasteiger partial charge on any atom is 0.346 e. The molecule has 186 valence electrons. The number of carbonyl (C=O) groups is 2. The van der Waals surface area contributed by atoms with Gasteiger partial charge in [-0.2, -0.15) is 0 Å². The molecule has 0 atom stereocenters. The third-order valence-electron chi connectivity index (χ3n) is 5.63. The molecular weight excluding hydrogens is 465 g/mol. The number of hydrogen-bond donors (Lipinski definition) is 1. The lowest BCUT2D eigenvalue weighted by atomic mass is 9.98. The second kappa shape index (κ2) is 11.6. The molecule has 0 saturated heterocycles. The Balaban J connectivity index is 1.61. The zero-order valence-electron chi connectivity index (χ0n) is 19.8. The monoisotopic (exact) mass is 491 g/mol. The molecule has 4 rings (SSSR count). The second-order valence-corrected chi connectivity index (χ2v) is 8.09. The number of nitrogens with two attached hydrogens (primary N) is 1. The number of halogens is 1. The van der Waals surface area contributed by atoms with Crippen molar-refractivity contribution in [2.45, 2.75) is 19.4 Å². The van der Waals surface area contributed by atoms with Crippen molar-refractivity contribution in [1.29, 1.82) is 0 Å². The second-order valence-electron chi connectivity index (χ2n) is 8.09. The van der Waals surface area contributed by atoms with Gasteiger partial charge >= 0.3 is 11.9 Å². The Morgan fingerprint density at radius 3 is 2.67 bits per heavy atom. The van der Waals surface area contributed by atoms with Crippen LogP contribution in [-0.4, -0.2) is 32.3 Å². The van der Waals surface area contributed by atoms with Crippen LogP contribution in [-0.2, 0) is 27.2 Å². The van der Waals surface area contributed by atoms with E-state index >= 15 is 4.39 Å². The van der Waals surface area contributed by atoms with Crippen LogP contribution in [0, 0.1) is 5.82 Å². The molecular formula is C28H26FNO6. The van der Waals surface area contributed by atoms with E-state index < -0.39 is 17.8 Å². The topological polar surface area (TPSA) is 101 Å². The van der Waals surface area contributed by atoms with Crippen molar-refractivity contribution in [3.05, 3.63) is 89.4 Å². The molecule has 36 heavy (non-hydrogen) atoms.